The Labute approximate surface area is 156 Å². The molecule has 0 saturated carbocycles. The van der Waals surface area contributed by atoms with E-state index in [0.29, 0.717) is 31.2 Å². The van der Waals surface area contributed by atoms with Crippen LogP contribution in [-0.4, -0.2) is 50.2 Å². The molecule has 2 aromatic heterocycles. The van der Waals surface area contributed by atoms with Gasteiger partial charge in [0.15, 0.2) is 0 Å². The first kappa shape index (κ1) is 17.4. The SMILES string of the molecule is O=C(CCc1nc(-c2cccnc2)no1)N1C[C@@H](O)[C@H](c2ccccc2)C1. The number of hydrogen-bond donors (Lipinski definition) is 1. The number of amides is 1. The number of benzene rings is 1. The van der Waals surface area contributed by atoms with Crippen molar-refractivity contribution in [2.24, 2.45) is 0 Å². The molecule has 1 N–H and O–H groups in total. The predicted molar refractivity (Wildman–Crippen MR) is 97.6 cm³/mol. The molecule has 0 spiro atoms. The van der Waals surface area contributed by atoms with Gasteiger partial charge in [-0.3, -0.25) is 9.78 Å². The minimum absolute atomic E-state index is 0.0198. The molecule has 1 amide bonds. The number of β-amino-alcohol motifs (C(OH)–C–C–N with tert-alkyl or cyclic N) is 1. The standard InChI is InChI=1S/C20H20N4O3/c25-17-13-24(12-16(17)14-5-2-1-3-6-14)19(26)9-8-18-22-20(23-27-18)15-7-4-10-21-11-15/h1-7,10-11,16-17,25H,8-9,12-13H2/t16-,17+/m0/s1. The lowest BCUT2D eigenvalue weighted by Gasteiger charge is -2.15. The zero-order valence-electron chi connectivity index (χ0n) is 14.7. The van der Waals surface area contributed by atoms with Gasteiger partial charge in [-0.15, -0.1) is 0 Å². The molecule has 3 heterocycles. The maximum Gasteiger partial charge on any atom is 0.227 e. The van der Waals surface area contributed by atoms with Crippen LogP contribution in [0.25, 0.3) is 11.4 Å². The summed E-state index contributed by atoms with van der Waals surface area (Å²) in [6.45, 7) is 0.873. The number of pyridine rings is 1. The summed E-state index contributed by atoms with van der Waals surface area (Å²) in [5, 5.41) is 14.3. The van der Waals surface area contributed by atoms with Gasteiger partial charge in [0, 0.05) is 49.8 Å². The van der Waals surface area contributed by atoms with Crippen LogP contribution in [0.5, 0.6) is 0 Å². The van der Waals surface area contributed by atoms with Gasteiger partial charge in [-0.2, -0.15) is 4.98 Å². The lowest BCUT2D eigenvalue weighted by molar-refractivity contribution is -0.130. The van der Waals surface area contributed by atoms with Crippen molar-refractivity contribution in [3.8, 4) is 11.4 Å². The van der Waals surface area contributed by atoms with Gasteiger partial charge in [0.05, 0.1) is 6.10 Å². The Balaban J connectivity index is 1.34. The number of aliphatic hydroxyl groups excluding tert-OH is 1. The lowest BCUT2D eigenvalue weighted by atomic mass is 9.96. The van der Waals surface area contributed by atoms with E-state index in [2.05, 4.69) is 15.1 Å². The number of carbonyl (C=O) groups excluding carboxylic acids is 1. The molecule has 1 aliphatic rings. The Hall–Kier alpha value is -3.06. The molecule has 1 fully saturated rings. The third-order valence-electron chi connectivity index (χ3n) is 4.81. The van der Waals surface area contributed by atoms with Crippen molar-refractivity contribution < 1.29 is 14.4 Å². The molecule has 7 nitrogen and oxygen atoms in total. The smallest absolute Gasteiger partial charge is 0.227 e. The van der Waals surface area contributed by atoms with Gasteiger partial charge in [0.2, 0.25) is 17.6 Å². The molecule has 1 aliphatic heterocycles. The molecule has 4 rings (SSSR count). The normalized spacial score (nSPS) is 19.4. The molecule has 0 aliphatic carbocycles. The van der Waals surface area contributed by atoms with Crippen LogP contribution in [0.4, 0.5) is 0 Å². The number of likely N-dealkylation sites (tertiary alicyclic amines) is 1. The zero-order chi connectivity index (χ0) is 18.6. The Morgan fingerprint density at radius 1 is 1.19 bits per heavy atom. The van der Waals surface area contributed by atoms with Crippen LogP contribution < -0.4 is 0 Å². The van der Waals surface area contributed by atoms with E-state index in [-0.39, 0.29) is 18.2 Å². The Bertz CT molecular complexity index is 898. The largest absolute Gasteiger partial charge is 0.391 e. The number of aliphatic hydroxyl groups is 1. The molecule has 7 heteroatoms. The fourth-order valence-electron chi connectivity index (χ4n) is 3.36. The van der Waals surface area contributed by atoms with Crippen LogP contribution in [-0.2, 0) is 11.2 Å². The van der Waals surface area contributed by atoms with Crippen molar-refractivity contribution in [2.75, 3.05) is 13.1 Å². The monoisotopic (exact) mass is 364 g/mol. The number of aromatic nitrogens is 3. The third-order valence-corrected chi connectivity index (χ3v) is 4.81. The van der Waals surface area contributed by atoms with E-state index in [1.54, 1.807) is 23.4 Å². The molecule has 138 valence electrons. The van der Waals surface area contributed by atoms with E-state index >= 15 is 0 Å². The molecule has 2 atom stereocenters. The molecule has 3 aromatic rings. The van der Waals surface area contributed by atoms with Crippen LogP contribution in [0, 0.1) is 0 Å². The Kier molecular flexibility index (Phi) is 4.93. The van der Waals surface area contributed by atoms with Crippen molar-refractivity contribution in [1.82, 2.24) is 20.0 Å². The Morgan fingerprint density at radius 3 is 2.81 bits per heavy atom. The van der Waals surface area contributed by atoms with Gasteiger partial charge < -0.3 is 14.5 Å². The number of nitrogens with zero attached hydrogens (tertiary/aromatic N) is 4. The number of rotatable bonds is 5. The lowest BCUT2D eigenvalue weighted by Crippen LogP contribution is -2.29. The molecular formula is C20H20N4O3. The van der Waals surface area contributed by atoms with Crippen molar-refractivity contribution >= 4 is 5.91 Å². The summed E-state index contributed by atoms with van der Waals surface area (Å²) in [7, 11) is 0. The van der Waals surface area contributed by atoms with E-state index in [4.69, 9.17) is 4.52 Å². The van der Waals surface area contributed by atoms with Gasteiger partial charge in [0.25, 0.3) is 0 Å². The molecule has 0 bridgehead atoms. The van der Waals surface area contributed by atoms with Crippen LogP contribution in [0.1, 0.15) is 23.8 Å². The second kappa shape index (κ2) is 7.67. The highest BCUT2D eigenvalue weighted by molar-refractivity contribution is 5.77. The quantitative estimate of drug-likeness (QED) is 0.745. The topological polar surface area (TPSA) is 92.3 Å². The molecule has 1 aromatic carbocycles. The van der Waals surface area contributed by atoms with E-state index in [9.17, 15) is 9.90 Å². The zero-order valence-corrected chi connectivity index (χ0v) is 14.7. The highest BCUT2D eigenvalue weighted by atomic mass is 16.5. The van der Waals surface area contributed by atoms with Gasteiger partial charge in [0.1, 0.15) is 0 Å². The third kappa shape index (κ3) is 3.88. The highest BCUT2D eigenvalue weighted by Crippen LogP contribution is 2.28. The van der Waals surface area contributed by atoms with E-state index in [1.807, 2.05) is 36.4 Å². The number of hydrogen-bond acceptors (Lipinski definition) is 6. The summed E-state index contributed by atoms with van der Waals surface area (Å²) in [5.41, 5.74) is 1.82. The minimum atomic E-state index is -0.545. The predicted octanol–water partition coefficient (Wildman–Crippen LogP) is 2.05. The average molecular weight is 364 g/mol. The summed E-state index contributed by atoms with van der Waals surface area (Å²) >= 11 is 0. The van der Waals surface area contributed by atoms with Crippen LogP contribution in [0.3, 0.4) is 0 Å². The van der Waals surface area contributed by atoms with Gasteiger partial charge in [-0.1, -0.05) is 35.5 Å². The summed E-state index contributed by atoms with van der Waals surface area (Å²) in [4.78, 5) is 22.6. The fraction of sp³-hybridized carbons (Fsp3) is 0.300. The second-order valence-electron chi connectivity index (χ2n) is 6.64. The summed E-state index contributed by atoms with van der Waals surface area (Å²) in [5.74, 6) is 0.817. The van der Waals surface area contributed by atoms with Crippen molar-refractivity contribution in [1.29, 1.82) is 0 Å². The average Bonchev–Trinajstić information content (AvgIpc) is 3.34. The van der Waals surface area contributed by atoms with Gasteiger partial charge in [-0.05, 0) is 17.7 Å². The maximum atomic E-state index is 12.5. The highest BCUT2D eigenvalue weighted by Gasteiger charge is 2.34. The number of carbonyl (C=O) groups is 1. The van der Waals surface area contributed by atoms with Crippen molar-refractivity contribution in [3.63, 3.8) is 0 Å². The molecule has 0 unspecified atom stereocenters. The first-order chi connectivity index (χ1) is 13.2. The molecule has 0 radical (unpaired) electrons. The van der Waals surface area contributed by atoms with Gasteiger partial charge in [-0.25, -0.2) is 0 Å². The summed E-state index contributed by atoms with van der Waals surface area (Å²) in [6.07, 6.45) is 3.43. The van der Waals surface area contributed by atoms with E-state index in [1.165, 1.54) is 0 Å². The van der Waals surface area contributed by atoms with E-state index in [0.717, 1.165) is 11.1 Å². The molecular weight excluding hydrogens is 344 g/mol. The van der Waals surface area contributed by atoms with Crippen molar-refractivity contribution in [2.45, 2.75) is 24.9 Å². The molecule has 27 heavy (non-hydrogen) atoms. The second-order valence-corrected chi connectivity index (χ2v) is 6.64. The fourth-order valence-corrected chi connectivity index (χ4v) is 3.36. The van der Waals surface area contributed by atoms with E-state index < -0.39 is 6.10 Å². The van der Waals surface area contributed by atoms with Crippen LogP contribution in [0.2, 0.25) is 0 Å². The van der Waals surface area contributed by atoms with Crippen LogP contribution in [0.15, 0.2) is 59.4 Å². The first-order valence-corrected chi connectivity index (χ1v) is 8.94. The first-order valence-electron chi connectivity index (χ1n) is 8.94. The van der Waals surface area contributed by atoms with Crippen LogP contribution >= 0.6 is 0 Å². The summed E-state index contributed by atoms with van der Waals surface area (Å²) in [6, 6.07) is 13.5. The van der Waals surface area contributed by atoms with Crippen molar-refractivity contribution in [3.05, 3.63) is 66.3 Å². The van der Waals surface area contributed by atoms with Gasteiger partial charge >= 0.3 is 0 Å². The number of aryl methyl sites for hydroxylation is 1. The Morgan fingerprint density at radius 2 is 2.04 bits per heavy atom. The minimum Gasteiger partial charge on any atom is -0.391 e. The maximum absolute atomic E-state index is 12.5. The molecule has 1 saturated heterocycles. The summed E-state index contributed by atoms with van der Waals surface area (Å²) < 4.78 is 5.23.